The highest BCUT2D eigenvalue weighted by Crippen LogP contribution is 2.23. The Morgan fingerprint density at radius 1 is 0.650 bits per heavy atom. The molecule has 2 aromatic carbocycles. The summed E-state index contributed by atoms with van der Waals surface area (Å²) in [5.41, 5.74) is 2.33. The minimum Gasteiger partial charge on any atom is -0.508 e. The minimum atomic E-state index is 0.254. The van der Waals surface area contributed by atoms with Crippen LogP contribution in [0.15, 0.2) is 48.5 Å². The van der Waals surface area contributed by atoms with Crippen LogP contribution in [0.2, 0.25) is 0 Å². The van der Waals surface area contributed by atoms with Gasteiger partial charge in [-0.1, -0.05) is 24.3 Å². The standard InChI is InChI=1S/C16H18N2O2/c19-13-5-1-11(2-6-13)15-9-18-16(10-17-15)12-3-7-14(20)8-4-12/h1-8,15-20H,9-10H2. The highest BCUT2D eigenvalue weighted by Gasteiger charge is 2.21. The average molecular weight is 270 g/mol. The minimum absolute atomic E-state index is 0.254. The number of hydrogen-bond acceptors (Lipinski definition) is 4. The molecule has 0 aromatic heterocycles. The second kappa shape index (κ2) is 5.53. The largest absolute Gasteiger partial charge is 0.508 e. The number of benzene rings is 2. The van der Waals surface area contributed by atoms with Gasteiger partial charge in [-0.05, 0) is 35.4 Å². The van der Waals surface area contributed by atoms with Gasteiger partial charge in [-0.3, -0.25) is 0 Å². The zero-order valence-corrected chi connectivity index (χ0v) is 11.1. The summed E-state index contributed by atoms with van der Waals surface area (Å²) in [6, 6.07) is 15.1. The van der Waals surface area contributed by atoms with Gasteiger partial charge in [0.1, 0.15) is 11.5 Å². The van der Waals surface area contributed by atoms with Crippen LogP contribution >= 0.6 is 0 Å². The molecule has 3 rings (SSSR count). The Balaban J connectivity index is 1.64. The zero-order chi connectivity index (χ0) is 13.9. The van der Waals surface area contributed by atoms with Crippen LogP contribution in [0.4, 0.5) is 0 Å². The van der Waals surface area contributed by atoms with E-state index in [4.69, 9.17) is 0 Å². The molecule has 104 valence electrons. The maximum atomic E-state index is 9.31. The molecule has 4 N–H and O–H groups in total. The third-order valence-electron chi connectivity index (χ3n) is 3.73. The molecule has 0 amide bonds. The van der Waals surface area contributed by atoms with Gasteiger partial charge in [0.15, 0.2) is 0 Å². The van der Waals surface area contributed by atoms with Crippen LogP contribution < -0.4 is 10.6 Å². The van der Waals surface area contributed by atoms with Gasteiger partial charge in [0.05, 0.1) is 0 Å². The summed E-state index contributed by atoms with van der Waals surface area (Å²) in [6.07, 6.45) is 0. The molecule has 0 aliphatic carbocycles. The van der Waals surface area contributed by atoms with Gasteiger partial charge in [0.25, 0.3) is 0 Å². The summed E-state index contributed by atoms with van der Waals surface area (Å²) in [6.45, 7) is 1.66. The van der Waals surface area contributed by atoms with Crippen molar-refractivity contribution in [2.75, 3.05) is 13.1 Å². The smallest absolute Gasteiger partial charge is 0.115 e. The molecule has 0 radical (unpaired) electrons. The van der Waals surface area contributed by atoms with Crippen LogP contribution in [0.3, 0.4) is 0 Å². The van der Waals surface area contributed by atoms with E-state index in [0.29, 0.717) is 11.5 Å². The summed E-state index contributed by atoms with van der Waals surface area (Å²) in [5.74, 6) is 0.582. The summed E-state index contributed by atoms with van der Waals surface area (Å²) in [4.78, 5) is 0. The summed E-state index contributed by atoms with van der Waals surface area (Å²) < 4.78 is 0. The third kappa shape index (κ3) is 2.76. The molecule has 0 saturated carbocycles. The zero-order valence-electron chi connectivity index (χ0n) is 11.1. The molecule has 1 aliphatic rings. The van der Waals surface area contributed by atoms with Crippen molar-refractivity contribution in [1.82, 2.24) is 10.6 Å². The molecule has 1 saturated heterocycles. The fraction of sp³-hybridized carbons (Fsp3) is 0.250. The predicted octanol–water partition coefficient (Wildman–Crippen LogP) is 2.07. The fourth-order valence-electron chi connectivity index (χ4n) is 2.55. The van der Waals surface area contributed by atoms with Crippen LogP contribution in [0.25, 0.3) is 0 Å². The lowest BCUT2D eigenvalue weighted by atomic mass is 10.00. The second-order valence-electron chi connectivity index (χ2n) is 5.10. The first-order valence-corrected chi connectivity index (χ1v) is 6.77. The molecule has 2 atom stereocenters. The van der Waals surface area contributed by atoms with Crippen molar-refractivity contribution >= 4 is 0 Å². The lowest BCUT2D eigenvalue weighted by Gasteiger charge is -2.31. The molecular formula is C16H18N2O2. The number of phenolic OH excluding ortho intramolecular Hbond substituents is 2. The van der Waals surface area contributed by atoms with E-state index in [1.54, 1.807) is 24.3 Å². The van der Waals surface area contributed by atoms with Gasteiger partial charge in [0.2, 0.25) is 0 Å². The Bertz CT molecular complexity index is 505. The molecular weight excluding hydrogens is 252 g/mol. The van der Waals surface area contributed by atoms with Crippen LogP contribution in [0.5, 0.6) is 11.5 Å². The number of aromatic hydroxyl groups is 2. The number of rotatable bonds is 2. The fourth-order valence-corrected chi connectivity index (χ4v) is 2.55. The summed E-state index contributed by atoms with van der Waals surface area (Å²) >= 11 is 0. The SMILES string of the molecule is Oc1ccc(C2CNC(c3ccc(O)cc3)CN2)cc1. The molecule has 1 heterocycles. The van der Waals surface area contributed by atoms with Crippen molar-refractivity contribution in [2.24, 2.45) is 0 Å². The Labute approximate surface area is 118 Å². The van der Waals surface area contributed by atoms with Crippen molar-refractivity contribution in [1.29, 1.82) is 0 Å². The van der Waals surface area contributed by atoms with Crippen LogP contribution in [0.1, 0.15) is 23.2 Å². The number of hydrogen-bond donors (Lipinski definition) is 4. The first-order chi connectivity index (χ1) is 9.72. The lowest BCUT2D eigenvalue weighted by Crippen LogP contribution is -2.45. The number of nitrogens with one attached hydrogen (secondary N) is 2. The average Bonchev–Trinajstić information content (AvgIpc) is 2.49. The van der Waals surface area contributed by atoms with Crippen LogP contribution in [-0.2, 0) is 0 Å². The number of piperazine rings is 1. The number of phenols is 2. The molecule has 2 unspecified atom stereocenters. The molecule has 4 nitrogen and oxygen atoms in total. The van der Waals surface area contributed by atoms with Crippen molar-refractivity contribution in [3.63, 3.8) is 0 Å². The van der Waals surface area contributed by atoms with E-state index in [0.717, 1.165) is 13.1 Å². The highest BCUT2D eigenvalue weighted by atomic mass is 16.3. The Morgan fingerprint density at radius 2 is 1.00 bits per heavy atom. The Kier molecular flexibility index (Phi) is 3.58. The van der Waals surface area contributed by atoms with Crippen molar-refractivity contribution in [3.05, 3.63) is 59.7 Å². The first-order valence-electron chi connectivity index (χ1n) is 6.77. The first kappa shape index (κ1) is 13.0. The van der Waals surface area contributed by atoms with E-state index in [2.05, 4.69) is 10.6 Å². The molecule has 0 spiro atoms. The Morgan fingerprint density at radius 3 is 1.30 bits per heavy atom. The molecule has 0 bridgehead atoms. The molecule has 2 aromatic rings. The normalized spacial score (nSPS) is 22.6. The van der Waals surface area contributed by atoms with E-state index in [1.165, 1.54) is 11.1 Å². The van der Waals surface area contributed by atoms with E-state index in [9.17, 15) is 10.2 Å². The third-order valence-corrected chi connectivity index (χ3v) is 3.73. The van der Waals surface area contributed by atoms with Crippen LogP contribution in [0, 0.1) is 0 Å². The predicted molar refractivity (Wildman–Crippen MR) is 77.7 cm³/mol. The van der Waals surface area contributed by atoms with E-state index in [-0.39, 0.29) is 12.1 Å². The van der Waals surface area contributed by atoms with E-state index in [1.807, 2.05) is 24.3 Å². The van der Waals surface area contributed by atoms with E-state index >= 15 is 0 Å². The summed E-state index contributed by atoms with van der Waals surface area (Å²) in [5, 5.41) is 25.6. The molecule has 1 fully saturated rings. The molecule has 4 heteroatoms. The molecule has 20 heavy (non-hydrogen) atoms. The van der Waals surface area contributed by atoms with Gasteiger partial charge in [0, 0.05) is 25.2 Å². The van der Waals surface area contributed by atoms with Crippen molar-refractivity contribution in [2.45, 2.75) is 12.1 Å². The van der Waals surface area contributed by atoms with Gasteiger partial charge >= 0.3 is 0 Å². The highest BCUT2D eigenvalue weighted by molar-refractivity contribution is 5.31. The second-order valence-corrected chi connectivity index (χ2v) is 5.10. The maximum absolute atomic E-state index is 9.31. The maximum Gasteiger partial charge on any atom is 0.115 e. The topological polar surface area (TPSA) is 64.5 Å². The monoisotopic (exact) mass is 270 g/mol. The van der Waals surface area contributed by atoms with Gasteiger partial charge in [-0.25, -0.2) is 0 Å². The van der Waals surface area contributed by atoms with E-state index < -0.39 is 0 Å². The van der Waals surface area contributed by atoms with Gasteiger partial charge in [-0.15, -0.1) is 0 Å². The summed E-state index contributed by atoms with van der Waals surface area (Å²) in [7, 11) is 0. The van der Waals surface area contributed by atoms with Crippen molar-refractivity contribution < 1.29 is 10.2 Å². The Hall–Kier alpha value is -2.04. The van der Waals surface area contributed by atoms with Crippen LogP contribution in [-0.4, -0.2) is 23.3 Å². The van der Waals surface area contributed by atoms with Crippen molar-refractivity contribution in [3.8, 4) is 11.5 Å². The van der Waals surface area contributed by atoms with Gasteiger partial charge in [-0.2, -0.15) is 0 Å². The lowest BCUT2D eigenvalue weighted by molar-refractivity contribution is 0.356. The van der Waals surface area contributed by atoms with Gasteiger partial charge < -0.3 is 20.8 Å². The molecule has 1 aliphatic heterocycles. The quantitative estimate of drug-likeness (QED) is 0.674.